The van der Waals surface area contributed by atoms with E-state index in [-0.39, 0.29) is 0 Å². The van der Waals surface area contributed by atoms with Gasteiger partial charge in [0.05, 0.1) is 24.5 Å². The molecule has 2 aromatic heterocycles. The zero-order valence-corrected chi connectivity index (χ0v) is 12.9. The fourth-order valence-corrected chi connectivity index (χ4v) is 3.47. The van der Waals surface area contributed by atoms with Gasteiger partial charge in [-0.25, -0.2) is 4.98 Å². The Balaban J connectivity index is 1.74. The lowest BCUT2D eigenvalue weighted by molar-refractivity contribution is 0.119. The highest BCUT2D eigenvalue weighted by atomic mass is 32.1. The van der Waals surface area contributed by atoms with E-state index >= 15 is 0 Å². The van der Waals surface area contributed by atoms with Gasteiger partial charge in [-0.1, -0.05) is 6.07 Å². The molecule has 5 heteroatoms. The number of aromatic nitrogens is 2. The van der Waals surface area contributed by atoms with Gasteiger partial charge in [-0.2, -0.15) is 0 Å². The van der Waals surface area contributed by atoms with Gasteiger partial charge in [0.25, 0.3) is 0 Å². The number of thiophene rings is 1. The Morgan fingerprint density at radius 2 is 2.35 bits per heavy atom. The Bertz CT molecular complexity index is 549. The molecule has 0 unspecified atom stereocenters. The summed E-state index contributed by atoms with van der Waals surface area (Å²) in [5.74, 6) is 1.17. The molecule has 0 amide bonds. The Morgan fingerprint density at radius 1 is 1.45 bits per heavy atom. The van der Waals surface area contributed by atoms with Crippen molar-refractivity contribution in [2.75, 3.05) is 13.2 Å². The smallest absolute Gasteiger partial charge is 0.126 e. The molecular weight excluding hydrogens is 270 g/mol. The number of hydrogen-bond donors (Lipinski definition) is 0. The van der Waals surface area contributed by atoms with Crippen molar-refractivity contribution in [3.63, 3.8) is 0 Å². The molecule has 2 aromatic rings. The molecule has 1 aliphatic rings. The second-order valence-corrected chi connectivity index (χ2v) is 6.15. The summed E-state index contributed by atoms with van der Waals surface area (Å²) < 4.78 is 7.84. The van der Waals surface area contributed by atoms with Crippen molar-refractivity contribution in [3.8, 4) is 0 Å². The molecule has 4 nitrogen and oxygen atoms in total. The normalized spacial score (nSPS) is 19.2. The Hall–Kier alpha value is -1.17. The van der Waals surface area contributed by atoms with Crippen molar-refractivity contribution in [1.29, 1.82) is 0 Å². The molecule has 0 bridgehead atoms. The molecule has 108 valence electrons. The van der Waals surface area contributed by atoms with Crippen LogP contribution >= 0.6 is 11.3 Å². The Morgan fingerprint density at radius 3 is 3.10 bits per heavy atom. The van der Waals surface area contributed by atoms with Crippen LogP contribution in [-0.2, 0) is 24.4 Å². The average molecular weight is 291 g/mol. The topological polar surface area (TPSA) is 30.3 Å². The summed E-state index contributed by atoms with van der Waals surface area (Å²) in [5, 5.41) is 2.14. The molecule has 3 heterocycles. The van der Waals surface area contributed by atoms with Gasteiger partial charge >= 0.3 is 0 Å². The quantitative estimate of drug-likeness (QED) is 0.848. The number of fused-ring (bicyclic) bond motifs is 1. The van der Waals surface area contributed by atoms with Crippen LogP contribution in [-0.4, -0.2) is 27.6 Å². The molecule has 1 aliphatic heterocycles. The van der Waals surface area contributed by atoms with Crippen LogP contribution in [0.3, 0.4) is 0 Å². The van der Waals surface area contributed by atoms with Crippen LogP contribution < -0.4 is 0 Å². The lowest BCUT2D eigenvalue weighted by Crippen LogP contribution is -2.36. The standard InChI is InChI=1S/C15H21N3OS/c1-3-19-11-13-9-16-15-12(2)17(6-7-18(13)15)10-14-5-4-8-20-14/h4-5,8-9,12H,3,6-7,10-11H2,1-2H3/t12-/m1/s1. The zero-order valence-electron chi connectivity index (χ0n) is 12.1. The zero-order chi connectivity index (χ0) is 13.9. The molecule has 3 rings (SSSR count). The summed E-state index contributed by atoms with van der Waals surface area (Å²) in [5.41, 5.74) is 1.20. The molecule has 0 N–H and O–H groups in total. The highest BCUT2D eigenvalue weighted by molar-refractivity contribution is 7.09. The van der Waals surface area contributed by atoms with Gasteiger partial charge in [0.2, 0.25) is 0 Å². The van der Waals surface area contributed by atoms with E-state index in [0.717, 1.165) is 26.2 Å². The van der Waals surface area contributed by atoms with Crippen molar-refractivity contribution in [3.05, 3.63) is 40.1 Å². The van der Waals surface area contributed by atoms with Gasteiger partial charge in [0.15, 0.2) is 0 Å². The predicted molar refractivity (Wildman–Crippen MR) is 80.7 cm³/mol. The van der Waals surface area contributed by atoms with Crippen molar-refractivity contribution in [2.45, 2.75) is 39.6 Å². The van der Waals surface area contributed by atoms with Crippen LogP contribution in [0.1, 0.15) is 36.3 Å². The van der Waals surface area contributed by atoms with Gasteiger partial charge in [-0.3, -0.25) is 4.90 Å². The first kappa shape index (κ1) is 13.8. The van der Waals surface area contributed by atoms with Gasteiger partial charge in [0.1, 0.15) is 5.82 Å². The minimum absolute atomic E-state index is 0.362. The van der Waals surface area contributed by atoms with E-state index in [9.17, 15) is 0 Å². The largest absolute Gasteiger partial charge is 0.375 e. The minimum Gasteiger partial charge on any atom is -0.375 e. The van der Waals surface area contributed by atoms with Gasteiger partial charge in [0, 0.05) is 31.1 Å². The summed E-state index contributed by atoms with van der Waals surface area (Å²) >= 11 is 1.83. The van der Waals surface area contributed by atoms with Crippen LogP contribution in [0.4, 0.5) is 0 Å². The summed E-state index contributed by atoms with van der Waals surface area (Å²) in [6.07, 6.45) is 1.97. The van der Waals surface area contributed by atoms with E-state index < -0.39 is 0 Å². The van der Waals surface area contributed by atoms with Gasteiger partial charge in [-0.15, -0.1) is 11.3 Å². The maximum Gasteiger partial charge on any atom is 0.126 e. The fourth-order valence-electron chi connectivity index (χ4n) is 2.74. The van der Waals surface area contributed by atoms with Crippen molar-refractivity contribution in [2.24, 2.45) is 0 Å². The van der Waals surface area contributed by atoms with Crippen LogP contribution in [0.5, 0.6) is 0 Å². The highest BCUT2D eigenvalue weighted by Gasteiger charge is 2.27. The predicted octanol–water partition coefficient (Wildman–Crippen LogP) is 3.06. The average Bonchev–Trinajstić information content (AvgIpc) is 3.09. The summed E-state index contributed by atoms with van der Waals surface area (Å²) in [6.45, 7) is 8.79. The molecule has 0 fully saturated rings. The maximum atomic E-state index is 5.52. The van der Waals surface area contributed by atoms with Gasteiger partial charge < -0.3 is 9.30 Å². The van der Waals surface area contributed by atoms with Crippen LogP contribution in [0.15, 0.2) is 23.7 Å². The number of rotatable bonds is 5. The second-order valence-electron chi connectivity index (χ2n) is 5.12. The second kappa shape index (κ2) is 6.08. The molecule has 0 radical (unpaired) electrons. The third-order valence-corrected chi connectivity index (χ3v) is 4.76. The van der Waals surface area contributed by atoms with Crippen molar-refractivity contribution >= 4 is 11.3 Å². The lowest BCUT2D eigenvalue weighted by atomic mass is 10.2. The van der Waals surface area contributed by atoms with E-state index in [1.807, 2.05) is 24.5 Å². The molecule has 0 aliphatic carbocycles. The highest BCUT2D eigenvalue weighted by Crippen LogP contribution is 2.27. The summed E-state index contributed by atoms with van der Waals surface area (Å²) in [7, 11) is 0. The minimum atomic E-state index is 0.362. The third kappa shape index (κ3) is 2.66. The number of nitrogens with zero attached hydrogens (tertiary/aromatic N) is 3. The van der Waals surface area contributed by atoms with E-state index in [2.05, 4.69) is 38.9 Å². The lowest BCUT2D eigenvalue weighted by Gasteiger charge is -2.34. The SMILES string of the molecule is CCOCc1cnc2n1CCN(Cc1cccs1)[C@@H]2C. The Kier molecular flexibility index (Phi) is 4.19. The summed E-state index contributed by atoms with van der Waals surface area (Å²) in [4.78, 5) is 8.54. The first-order valence-corrected chi connectivity index (χ1v) is 8.06. The van der Waals surface area contributed by atoms with E-state index in [0.29, 0.717) is 12.6 Å². The molecule has 0 saturated carbocycles. The van der Waals surface area contributed by atoms with Crippen LogP contribution in [0.25, 0.3) is 0 Å². The van der Waals surface area contributed by atoms with Crippen molar-refractivity contribution < 1.29 is 4.74 Å². The van der Waals surface area contributed by atoms with Crippen molar-refractivity contribution in [1.82, 2.24) is 14.5 Å². The number of hydrogen-bond acceptors (Lipinski definition) is 4. The molecule has 0 aromatic carbocycles. The molecule has 0 saturated heterocycles. The first-order valence-electron chi connectivity index (χ1n) is 7.18. The molecular formula is C15H21N3OS. The molecule has 0 spiro atoms. The van der Waals surface area contributed by atoms with E-state index in [4.69, 9.17) is 4.74 Å². The fraction of sp³-hybridized carbons (Fsp3) is 0.533. The maximum absolute atomic E-state index is 5.52. The number of ether oxygens (including phenoxy) is 1. The number of imidazole rings is 1. The monoisotopic (exact) mass is 291 g/mol. The third-order valence-electron chi connectivity index (χ3n) is 3.89. The Labute approximate surface area is 124 Å². The van der Waals surface area contributed by atoms with Gasteiger partial charge in [-0.05, 0) is 25.3 Å². The van der Waals surface area contributed by atoms with E-state index in [1.165, 1.54) is 16.4 Å². The van der Waals surface area contributed by atoms with Crippen LogP contribution in [0, 0.1) is 0 Å². The first-order chi connectivity index (χ1) is 9.79. The molecule has 20 heavy (non-hydrogen) atoms. The van der Waals surface area contributed by atoms with E-state index in [1.54, 1.807) is 0 Å². The summed E-state index contributed by atoms with van der Waals surface area (Å²) in [6, 6.07) is 4.69. The molecule has 1 atom stereocenters. The van der Waals surface area contributed by atoms with Crippen LogP contribution in [0.2, 0.25) is 0 Å².